The molecule has 0 aliphatic heterocycles. The molecular formula is C31H42O4. The second kappa shape index (κ2) is 15.3. The molecular weight excluding hydrogens is 436 g/mol. The first-order chi connectivity index (χ1) is 17.2. The number of carbonyl (C=O) groups excluding carboxylic acids is 1. The molecule has 0 aromatic heterocycles. The van der Waals surface area contributed by atoms with Crippen molar-refractivity contribution in [2.45, 2.75) is 77.6 Å². The first-order valence-corrected chi connectivity index (χ1v) is 13.5. The summed E-state index contributed by atoms with van der Waals surface area (Å²) in [6.45, 7) is 7.41. The third kappa shape index (κ3) is 9.79. The maximum absolute atomic E-state index is 12.5. The maximum Gasteiger partial charge on any atom is 0.343 e. The number of unbranched alkanes of at least 4 members (excludes halogenated alkanes) is 2. The average Bonchev–Trinajstić information content (AvgIpc) is 2.89. The lowest BCUT2D eigenvalue weighted by atomic mass is 9.78. The highest BCUT2D eigenvalue weighted by Gasteiger charge is 2.20. The smallest absolute Gasteiger partial charge is 0.343 e. The monoisotopic (exact) mass is 478 g/mol. The van der Waals surface area contributed by atoms with Crippen LogP contribution in [0.15, 0.2) is 61.2 Å². The van der Waals surface area contributed by atoms with Crippen LogP contribution < -0.4 is 14.2 Å². The van der Waals surface area contributed by atoms with Gasteiger partial charge in [0.2, 0.25) is 0 Å². The van der Waals surface area contributed by atoms with Crippen LogP contribution in [-0.4, -0.2) is 19.2 Å². The van der Waals surface area contributed by atoms with E-state index in [1.54, 1.807) is 36.4 Å². The Balaban J connectivity index is 1.33. The Morgan fingerprint density at radius 3 is 1.94 bits per heavy atom. The summed E-state index contributed by atoms with van der Waals surface area (Å²) in [5, 5.41) is 0. The van der Waals surface area contributed by atoms with Crippen molar-refractivity contribution >= 4 is 5.97 Å². The Morgan fingerprint density at radius 2 is 1.34 bits per heavy atom. The summed E-state index contributed by atoms with van der Waals surface area (Å²) in [4.78, 5) is 12.5. The normalized spacial score (nSPS) is 17.5. The number of ether oxygens (including phenoxy) is 3. The number of carbonyl (C=O) groups is 1. The fraction of sp³-hybridized carbons (Fsp3) is 0.516. The van der Waals surface area contributed by atoms with Gasteiger partial charge in [-0.25, -0.2) is 4.79 Å². The molecule has 0 N–H and O–H groups in total. The molecule has 0 saturated heterocycles. The Morgan fingerprint density at radius 1 is 0.800 bits per heavy atom. The number of hydrogen-bond donors (Lipinski definition) is 0. The summed E-state index contributed by atoms with van der Waals surface area (Å²) >= 11 is 0. The zero-order valence-electron chi connectivity index (χ0n) is 21.4. The van der Waals surface area contributed by atoms with Crippen molar-refractivity contribution in [3.63, 3.8) is 0 Å². The Kier molecular flexibility index (Phi) is 11.7. The number of esters is 1. The third-order valence-corrected chi connectivity index (χ3v) is 6.88. The van der Waals surface area contributed by atoms with Crippen molar-refractivity contribution in [2.24, 2.45) is 11.8 Å². The highest BCUT2D eigenvalue weighted by atomic mass is 16.5. The number of allylic oxidation sites excluding steroid dienone is 1. The summed E-state index contributed by atoms with van der Waals surface area (Å²) in [6, 6.07) is 14.4. The van der Waals surface area contributed by atoms with Gasteiger partial charge in [-0.3, -0.25) is 0 Å². The molecule has 4 nitrogen and oxygen atoms in total. The lowest BCUT2D eigenvalue weighted by Gasteiger charge is -2.28. The molecule has 2 aromatic carbocycles. The molecule has 190 valence electrons. The van der Waals surface area contributed by atoms with Gasteiger partial charge < -0.3 is 14.2 Å². The van der Waals surface area contributed by atoms with Crippen LogP contribution in [0, 0.1) is 11.8 Å². The minimum atomic E-state index is -0.384. The zero-order valence-corrected chi connectivity index (χ0v) is 21.4. The van der Waals surface area contributed by atoms with Crippen molar-refractivity contribution in [2.75, 3.05) is 13.2 Å². The summed E-state index contributed by atoms with van der Waals surface area (Å²) in [5.41, 5.74) is 0.494. The molecule has 1 saturated carbocycles. The predicted molar refractivity (Wildman–Crippen MR) is 142 cm³/mol. The fourth-order valence-corrected chi connectivity index (χ4v) is 4.82. The summed E-state index contributed by atoms with van der Waals surface area (Å²) < 4.78 is 17.1. The van der Waals surface area contributed by atoms with Gasteiger partial charge in [0.05, 0.1) is 18.8 Å². The van der Waals surface area contributed by atoms with E-state index in [1.807, 2.05) is 18.2 Å². The van der Waals surface area contributed by atoms with E-state index in [1.165, 1.54) is 44.9 Å². The highest BCUT2D eigenvalue weighted by Crippen LogP contribution is 2.33. The number of hydrogen-bond acceptors (Lipinski definition) is 4. The summed E-state index contributed by atoms with van der Waals surface area (Å²) in [7, 11) is 0. The molecule has 3 rings (SSSR count). The minimum Gasteiger partial charge on any atom is -0.494 e. The topological polar surface area (TPSA) is 44.8 Å². The van der Waals surface area contributed by atoms with E-state index in [-0.39, 0.29) is 5.97 Å². The molecule has 0 amide bonds. The van der Waals surface area contributed by atoms with Gasteiger partial charge in [0.15, 0.2) is 0 Å². The first-order valence-electron chi connectivity index (χ1n) is 13.5. The van der Waals surface area contributed by atoms with Crippen LogP contribution in [0.3, 0.4) is 0 Å². The van der Waals surface area contributed by atoms with Crippen molar-refractivity contribution in [1.82, 2.24) is 0 Å². The van der Waals surface area contributed by atoms with E-state index in [0.717, 1.165) is 55.6 Å². The molecule has 1 fully saturated rings. The van der Waals surface area contributed by atoms with Gasteiger partial charge in [-0.2, -0.15) is 0 Å². The van der Waals surface area contributed by atoms with Gasteiger partial charge >= 0.3 is 5.97 Å². The summed E-state index contributed by atoms with van der Waals surface area (Å²) in [6.07, 6.45) is 15.6. The van der Waals surface area contributed by atoms with Crippen LogP contribution in [0.4, 0.5) is 0 Å². The maximum atomic E-state index is 12.5. The van der Waals surface area contributed by atoms with Gasteiger partial charge in [0.25, 0.3) is 0 Å². The third-order valence-electron chi connectivity index (χ3n) is 6.88. The van der Waals surface area contributed by atoms with E-state index >= 15 is 0 Å². The van der Waals surface area contributed by atoms with Gasteiger partial charge in [-0.05, 0) is 92.5 Å². The molecule has 0 unspecified atom stereocenters. The first kappa shape index (κ1) is 26.8. The largest absolute Gasteiger partial charge is 0.494 e. The lowest BCUT2D eigenvalue weighted by molar-refractivity contribution is 0.0734. The van der Waals surface area contributed by atoms with E-state index in [2.05, 4.69) is 13.5 Å². The molecule has 35 heavy (non-hydrogen) atoms. The molecule has 0 heterocycles. The minimum absolute atomic E-state index is 0.384. The van der Waals surface area contributed by atoms with Gasteiger partial charge in [0.1, 0.15) is 17.2 Å². The molecule has 1 aliphatic rings. The molecule has 1 aliphatic carbocycles. The fourth-order valence-electron chi connectivity index (χ4n) is 4.82. The van der Waals surface area contributed by atoms with Crippen molar-refractivity contribution < 1.29 is 19.0 Å². The molecule has 0 radical (unpaired) electrons. The van der Waals surface area contributed by atoms with Crippen molar-refractivity contribution in [3.05, 3.63) is 66.7 Å². The zero-order chi connectivity index (χ0) is 24.7. The molecule has 2 aromatic rings. The average molecular weight is 479 g/mol. The highest BCUT2D eigenvalue weighted by molar-refractivity contribution is 5.91. The number of rotatable bonds is 15. The molecule has 0 bridgehead atoms. The Hall–Kier alpha value is -2.75. The molecule has 0 atom stereocenters. The van der Waals surface area contributed by atoms with Crippen LogP contribution in [0.2, 0.25) is 0 Å². The van der Waals surface area contributed by atoms with Crippen LogP contribution >= 0.6 is 0 Å². The van der Waals surface area contributed by atoms with E-state index in [0.29, 0.717) is 17.9 Å². The van der Waals surface area contributed by atoms with Crippen LogP contribution in [0.1, 0.15) is 87.9 Å². The second-order valence-electron chi connectivity index (χ2n) is 9.68. The van der Waals surface area contributed by atoms with E-state index < -0.39 is 0 Å². The van der Waals surface area contributed by atoms with Crippen molar-refractivity contribution in [1.29, 1.82) is 0 Å². The van der Waals surface area contributed by atoms with E-state index in [9.17, 15) is 4.79 Å². The van der Waals surface area contributed by atoms with Crippen molar-refractivity contribution in [3.8, 4) is 17.2 Å². The van der Waals surface area contributed by atoms with Gasteiger partial charge in [0, 0.05) is 0 Å². The SMILES string of the molecule is C=CCCCCOc1ccc(C(=O)Oc2ccc(OCCC[C@H]3CC[C@H](CCC)CC3)cc2)cc1. The molecule has 4 heteroatoms. The van der Waals surface area contributed by atoms with E-state index in [4.69, 9.17) is 14.2 Å². The van der Waals surface area contributed by atoms with Gasteiger partial charge in [-0.1, -0.05) is 51.5 Å². The molecule has 0 spiro atoms. The van der Waals surface area contributed by atoms with Crippen LogP contribution in [0.5, 0.6) is 17.2 Å². The Labute approximate surface area is 211 Å². The Bertz CT molecular complexity index is 864. The van der Waals surface area contributed by atoms with Crippen LogP contribution in [0.25, 0.3) is 0 Å². The lowest BCUT2D eigenvalue weighted by Crippen LogP contribution is -2.15. The van der Waals surface area contributed by atoms with Gasteiger partial charge in [-0.15, -0.1) is 6.58 Å². The quantitative estimate of drug-likeness (QED) is 0.112. The predicted octanol–water partition coefficient (Wildman–Crippen LogP) is 8.41. The number of benzene rings is 2. The summed E-state index contributed by atoms with van der Waals surface area (Å²) in [5.74, 6) is 3.53. The second-order valence-corrected chi connectivity index (χ2v) is 9.68. The standard InChI is InChI=1S/C31H42O4/c1-3-5-6-7-23-33-28-17-15-27(16-18-28)31(32)35-30-21-19-29(20-22-30)34-24-8-10-26-13-11-25(9-4-2)12-14-26/h3,15-22,25-26H,1,4-14,23-24H2,2H3/t25-,26-. The van der Waals surface area contributed by atoms with Crippen LogP contribution in [-0.2, 0) is 0 Å².